The summed E-state index contributed by atoms with van der Waals surface area (Å²) >= 11 is 0. The number of hydrogen-bond acceptors (Lipinski definition) is 2. The van der Waals surface area contributed by atoms with Gasteiger partial charge < -0.3 is 9.84 Å². The zero-order valence-corrected chi connectivity index (χ0v) is 11.3. The Kier molecular flexibility index (Phi) is 4.99. The van der Waals surface area contributed by atoms with E-state index in [9.17, 15) is 5.11 Å². The van der Waals surface area contributed by atoms with E-state index in [1.54, 1.807) is 0 Å². The maximum atomic E-state index is 9.34. The van der Waals surface area contributed by atoms with Gasteiger partial charge in [0.2, 0.25) is 0 Å². The molecule has 19 heavy (non-hydrogen) atoms. The van der Waals surface area contributed by atoms with Gasteiger partial charge in [0.1, 0.15) is 5.75 Å². The third kappa shape index (κ3) is 3.36. The molecule has 2 heteroatoms. The highest BCUT2D eigenvalue weighted by Crippen LogP contribution is 2.34. The minimum Gasteiger partial charge on any atom is -0.494 e. The molecular formula is C17H20O2. The van der Waals surface area contributed by atoms with Gasteiger partial charge in [0.25, 0.3) is 0 Å². The average molecular weight is 256 g/mol. The van der Waals surface area contributed by atoms with Crippen molar-refractivity contribution in [1.82, 2.24) is 0 Å². The second kappa shape index (κ2) is 6.95. The average Bonchev–Trinajstić information content (AvgIpc) is 2.47. The summed E-state index contributed by atoms with van der Waals surface area (Å²) in [4.78, 5) is 0. The van der Waals surface area contributed by atoms with Gasteiger partial charge >= 0.3 is 0 Å². The molecule has 0 bridgehead atoms. The van der Waals surface area contributed by atoms with Crippen LogP contribution >= 0.6 is 0 Å². The Morgan fingerprint density at radius 3 is 2.37 bits per heavy atom. The number of para-hydroxylation sites is 1. The number of aliphatic hydroxyl groups excluding tert-OH is 1. The first-order chi connectivity index (χ1) is 9.36. The predicted octanol–water partition coefficient (Wildman–Crippen LogP) is 3.60. The summed E-state index contributed by atoms with van der Waals surface area (Å²) in [6.07, 6.45) is 0.702. The van der Waals surface area contributed by atoms with Crippen molar-refractivity contribution in [1.29, 1.82) is 0 Å². The maximum Gasteiger partial charge on any atom is 0.123 e. The highest BCUT2D eigenvalue weighted by atomic mass is 16.5. The maximum absolute atomic E-state index is 9.34. The van der Waals surface area contributed by atoms with Crippen LogP contribution in [0.1, 0.15) is 30.4 Å². The molecule has 0 radical (unpaired) electrons. The first kappa shape index (κ1) is 13.6. The van der Waals surface area contributed by atoms with Gasteiger partial charge in [-0.15, -0.1) is 0 Å². The lowest BCUT2D eigenvalue weighted by atomic mass is 9.88. The van der Waals surface area contributed by atoms with Crippen molar-refractivity contribution >= 4 is 0 Å². The fourth-order valence-electron chi connectivity index (χ4n) is 2.37. The molecule has 0 amide bonds. The molecule has 2 nitrogen and oxygen atoms in total. The minimum absolute atomic E-state index is 0.167. The van der Waals surface area contributed by atoms with Crippen molar-refractivity contribution in [2.24, 2.45) is 0 Å². The van der Waals surface area contributed by atoms with Crippen LogP contribution in [0.25, 0.3) is 0 Å². The van der Waals surface area contributed by atoms with Gasteiger partial charge in [-0.25, -0.2) is 0 Å². The van der Waals surface area contributed by atoms with Crippen molar-refractivity contribution in [3.8, 4) is 5.75 Å². The molecule has 1 unspecified atom stereocenters. The summed E-state index contributed by atoms with van der Waals surface area (Å²) < 4.78 is 5.70. The van der Waals surface area contributed by atoms with Gasteiger partial charge in [-0.1, -0.05) is 48.5 Å². The molecule has 0 aromatic heterocycles. The van der Waals surface area contributed by atoms with Crippen LogP contribution in [0.3, 0.4) is 0 Å². The van der Waals surface area contributed by atoms with E-state index in [-0.39, 0.29) is 12.5 Å². The summed E-state index contributed by atoms with van der Waals surface area (Å²) in [5.41, 5.74) is 2.35. The summed E-state index contributed by atoms with van der Waals surface area (Å²) in [5, 5.41) is 9.34. The van der Waals surface area contributed by atoms with E-state index in [1.165, 1.54) is 5.56 Å². The van der Waals surface area contributed by atoms with Crippen LogP contribution in [0.5, 0.6) is 5.75 Å². The van der Waals surface area contributed by atoms with Crippen LogP contribution in [-0.2, 0) is 0 Å². The normalized spacial score (nSPS) is 12.1. The van der Waals surface area contributed by atoms with E-state index in [4.69, 9.17) is 4.74 Å². The van der Waals surface area contributed by atoms with E-state index in [0.717, 1.165) is 11.3 Å². The first-order valence-corrected chi connectivity index (χ1v) is 6.74. The van der Waals surface area contributed by atoms with Crippen molar-refractivity contribution in [3.05, 3.63) is 65.7 Å². The Hall–Kier alpha value is -1.80. The van der Waals surface area contributed by atoms with Crippen LogP contribution in [-0.4, -0.2) is 18.3 Å². The molecular weight excluding hydrogens is 236 g/mol. The molecule has 0 aliphatic carbocycles. The molecule has 1 atom stereocenters. The van der Waals surface area contributed by atoms with Crippen LogP contribution in [0.4, 0.5) is 0 Å². The molecule has 0 heterocycles. The van der Waals surface area contributed by atoms with Crippen LogP contribution in [0.2, 0.25) is 0 Å². The van der Waals surface area contributed by atoms with E-state index in [2.05, 4.69) is 18.2 Å². The topological polar surface area (TPSA) is 29.5 Å². The summed E-state index contributed by atoms with van der Waals surface area (Å²) in [6, 6.07) is 18.3. The second-order valence-corrected chi connectivity index (χ2v) is 4.45. The lowest BCUT2D eigenvalue weighted by Gasteiger charge is -2.20. The number of benzene rings is 2. The number of aliphatic hydroxyl groups is 1. The molecule has 0 fully saturated rings. The van der Waals surface area contributed by atoms with E-state index >= 15 is 0 Å². The van der Waals surface area contributed by atoms with Gasteiger partial charge in [-0.3, -0.25) is 0 Å². The van der Waals surface area contributed by atoms with Crippen molar-refractivity contribution in [3.63, 3.8) is 0 Å². The Labute approximate surface area is 114 Å². The molecule has 2 rings (SSSR count). The molecule has 0 spiro atoms. The highest BCUT2D eigenvalue weighted by Gasteiger charge is 2.17. The van der Waals surface area contributed by atoms with Crippen LogP contribution < -0.4 is 4.74 Å². The summed E-state index contributed by atoms with van der Waals surface area (Å²) in [6.45, 7) is 2.80. The molecule has 0 aliphatic heterocycles. The Bertz CT molecular complexity index is 494. The fraction of sp³-hybridized carbons (Fsp3) is 0.294. The molecule has 0 saturated carbocycles. The van der Waals surface area contributed by atoms with Crippen molar-refractivity contribution < 1.29 is 9.84 Å². The highest BCUT2D eigenvalue weighted by molar-refractivity contribution is 5.42. The fourth-order valence-corrected chi connectivity index (χ4v) is 2.37. The standard InChI is InChI=1S/C17H20O2/c1-2-19-17-11-7-6-10-16(17)15(12-13-18)14-8-4-3-5-9-14/h3-11,15,18H,2,12-13H2,1H3. The molecule has 1 N–H and O–H groups in total. The third-order valence-electron chi connectivity index (χ3n) is 3.21. The molecule has 0 saturated heterocycles. The zero-order valence-electron chi connectivity index (χ0n) is 11.3. The van der Waals surface area contributed by atoms with Crippen LogP contribution in [0, 0.1) is 0 Å². The lowest BCUT2D eigenvalue weighted by Crippen LogP contribution is -2.06. The predicted molar refractivity (Wildman–Crippen MR) is 77.6 cm³/mol. The van der Waals surface area contributed by atoms with Crippen molar-refractivity contribution in [2.45, 2.75) is 19.3 Å². The largest absolute Gasteiger partial charge is 0.494 e. The van der Waals surface area contributed by atoms with Gasteiger partial charge in [-0.05, 0) is 25.0 Å². The Balaban J connectivity index is 2.39. The molecule has 2 aromatic rings. The number of ether oxygens (including phenoxy) is 1. The Morgan fingerprint density at radius 2 is 1.68 bits per heavy atom. The van der Waals surface area contributed by atoms with Gasteiger partial charge in [0, 0.05) is 18.1 Å². The van der Waals surface area contributed by atoms with Gasteiger partial charge in [0.05, 0.1) is 6.61 Å². The Morgan fingerprint density at radius 1 is 1.00 bits per heavy atom. The minimum atomic E-state index is 0.167. The molecule has 2 aromatic carbocycles. The smallest absolute Gasteiger partial charge is 0.123 e. The lowest BCUT2D eigenvalue weighted by molar-refractivity contribution is 0.279. The van der Waals surface area contributed by atoms with Crippen LogP contribution in [0.15, 0.2) is 54.6 Å². The quantitative estimate of drug-likeness (QED) is 0.855. The monoisotopic (exact) mass is 256 g/mol. The number of hydrogen-bond donors (Lipinski definition) is 1. The molecule has 0 aliphatic rings. The third-order valence-corrected chi connectivity index (χ3v) is 3.21. The van der Waals surface area contributed by atoms with Crippen molar-refractivity contribution in [2.75, 3.05) is 13.2 Å². The van der Waals surface area contributed by atoms with Gasteiger partial charge in [-0.2, -0.15) is 0 Å². The van der Waals surface area contributed by atoms with E-state index in [0.29, 0.717) is 13.0 Å². The number of rotatable bonds is 6. The van der Waals surface area contributed by atoms with E-state index < -0.39 is 0 Å². The SMILES string of the molecule is CCOc1ccccc1C(CCO)c1ccccc1. The second-order valence-electron chi connectivity index (χ2n) is 4.45. The van der Waals surface area contributed by atoms with E-state index in [1.807, 2.05) is 43.3 Å². The summed E-state index contributed by atoms with van der Waals surface area (Å²) in [7, 11) is 0. The van der Waals surface area contributed by atoms with Gasteiger partial charge in [0.15, 0.2) is 0 Å². The zero-order chi connectivity index (χ0) is 13.5. The first-order valence-electron chi connectivity index (χ1n) is 6.74. The summed E-state index contributed by atoms with van der Waals surface area (Å²) in [5.74, 6) is 1.08. The molecule has 100 valence electrons.